The zero-order valence-electron chi connectivity index (χ0n) is 15.6. The van der Waals surface area contributed by atoms with Gasteiger partial charge in [0, 0.05) is 18.1 Å². The van der Waals surface area contributed by atoms with Crippen LogP contribution in [0.3, 0.4) is 0 Å². The summed E-state index contributed by atoms with van der Waals surface area (Å²) in [7, 11) is 1.62. The molecule has 0 radical (unpaired) electrons. The summed E-state index contributed by atoms with van der Waals surface area (Å²) in [5.41, 5.74) is 2.02. The third-order valence-corrected chi connectivity index (χ3v) is 4.14. The molecule has 2 rings (SSSR count). The van der Waals surface area contributed by atoms with Crippen LogP contribution >= 0.6 is 35.6 Å². The van der Waals surface area contributed by atoms with Crippen LogP contribution in [-0.4, -0.2) is 37.8 Å². The molecule has 0 aliphatic heterocycles. The molecule has 0 aliphatic carbocycles. The van der Waals surface area contributed by atoms with Gasteiger partial charge in [-0.25, -0.2) is 0 Å². The van der Waals surface area contributed by atoms with E-state index >= 15 is 0 Å². The van der Waals surface area contributed by atoms with E-state index in [1.807, 2.05) is 55.5 Å². The van der Waals surface area contributed by atoms with Crippen LogP contribution in [0.15, 0.2) is 53.5 Å². The number of halogens is 2. The predicted molar refractivity (Wildman–Crippen MR) is 123 cm³/mol. The molecule has 0 heterocycles. The molecular formula is C20H27ClIN3O2. The molecule has 0 aromatic heterocycles. The van der Waals surface area contributed by atoms with Crippen LogP contribution in [0.5, 0.6) is 5.75 Å². The first-order valence-corrected chi connectivity index (χ1v) is 9.08. The molecule has 7 heteroatoms. The average molecular weight is 504 g/mol. The highest BCUT2D eigenvalue weighted by Crippen LogP contribution is 2.17. The maximum Gasteiger partial charge on any atom is 0.191 e. The lowest BCUT2D eigenvalue weighted by molar-refractivity contribution is 0.187. The minimum Gasteiger partial charge on any atom is -0.497 e. The van der Waals surface area contributed by atoms with Gasteiger partial charge in [-0.15, -0.1) is 24.0 Å². The van der Waals surface area contributed by atoms with Gasteiger partial charge in [-0.05, 0) is 48.7 Å². The molecule has 27 heavy (non-hydrogen) atoms. The van der Waals surface area contributed by atoms with Crippen molar-refractivity contribution in [1.82, 2.24) is 10.6 Å². The molecule has 1 unspecified atom stereocenters. The van der Waals surface area contributed by atoms with E-state index in [4.69, 9.17) is 16.3 Å². The average Bonchev–Trinajstić information content (AvgIpc) is 2.67. The van der Waals surface area contributed by atoms with E-state index in [9.17, 15) is 5.11 Å². The Hall–Kier alpha value is -1.51. The Morgan fingerprint density at radius 2 is 1.78 bits per heavy atom. The molecule has 0 bridgehead atoms. The Morgan fingerprint density at radius 1 is 1.11 bits per heavy atom. The van der Waals surface area contributed by atoms with Gasteiger partial charge >= 0.3 is 0 Å². The maximum absolute atomic E-state index is 10.3. The van der Waals surface area contributed by atoms with Crippen molar-refractivity contribution >= 4 is 41.5 Å². The van der Waals surface area contributed by atoms with E-state index in [0.717, 1.165) is 35.8 Å². The maximum atomic E-state index is 10.3. The number of nitrogens with one attached hydrogen (secondary N) is 2. The number of hydrogen-bond donors (Lipinski definition) is 3. The monoisotopic (exact) mass is 503 g/mol. The number of guanidine groups is 1. The van der Waals surface area contributed by atoms with Crippen LogP contribution in [0.1, 0.15) is 24.2 Å². The predicted octanol–water partition coefficient (Wildman–Crippen LogP) is 3.80. The third kappa shape index (κ3) is 8.36. The lowest BCUT2D eigenvalue weighted by atomic mass is 10.1. The van der Waals surface area contributed by atoms with Gasteiger partial charge in [-0.2, -0.15) is 0 Å². The Labute approximate surface area is 183 Å². The van der Waals surface area contributed by atoms with Crippen molar-refractivity contribution < 1.29 is 9.84 Å². The summed E-state index contributed by atoms with van der Waals surface area (Å²) in [6.45, 7) is 3.79. The summed E-state index contributed by atoms with van der Waals surface area (Å²) in [6, 6.07) is 15.2. The minimum atomic E-state index is -0.660. The molecule has 0 fully saturated rings. The number of aliphatic hydroxyl groups excluding tert-OH is 1. The first-order valence-electron chi connectivity index (χ1n) is 8.71. The topological polar surface area (TPSA) is 65.9 Å². The van der Waals surface area contributed by atoms with Crippen molar-refractivity contribution in [2.45, 2.75) is 19.4 Å². The summed E-state index contributed by atoms with van der Waals surface area (Å²) in [5.74, 6) is 1.45. The highest BCUT2D eigenvalue weighted by molar-refractivity contribution is 14.0. The highest BCUT2D eigenvalue weighted by atomic mass is 127. The van der Waals surface area contributed by atoms with E-state index in [1.165, 1.54) is 5.56 Å². The second kappa shape index (κ2) is 12.8. The van der Waals surface area contributed by atoms with Crippen LogP contribution < -0.4 is 15.4 Å². The molecule has 0 saturated heterocycles. The summed E-state index contributed by atoms with van der Waals surface area (Å²) < 4.78 is 5.13. The molecule has 0 amide bonds. The van der Waals surface area contributed by atoms with E-state index in [-0.39, 0.29) is 30.5 Å². The number of methoxy groups -OCH3 is 1. The van der Waals surface area contributed by atoms with Crippen LogP contribution in [0, 0.1) is 0 Å². The summed E-state index contributed by atoms with van der Waals surface area (Å²) >= 11 is 5.90. The van der Waals surface area contributed by atoms with Gasteiger partial charge in [0.1, 0.15) is 5.75 Å². The first-order chi connectivity index (χ1) is 12.6. The van der Waals surface area contributed by atoms with Gasteiger partial charge < -0.3 is 20.5 Å². The lowest BCUT2D eigenvalue weighted by Crippen LogP contribution is -2.38. The van der Waals surface area contributed by atoms with Crippen molar-refractivity contribution in [2.75, 3.05) is 26.7 Å². The van der Waals surface area contributed by atoms with Crippen molar-refractivity contribution in [3.8, 4) is 5.75 Å². The highest BCUT2D eigenvalue weighted by Gasteiger charge is 2.08. The molecule has 0 aliphatic rings. The third-order valence-electron chi connectivity index (χ3n) is 3.89. The number of aliphatic hydroxyl groups is 1. The molecule has 0 spiro atoms. The number of rotatable bonds is 8. The first kappa shape index (κ1) is 23.5. The molecular weight excluding hydrogens is 477 g/mol. The summed E-state index contributed by atoms with van der Waals surface area (Å²) in [4.78, 5) is 4.47. The van der Waals surface area contributed by atoms with Crippen molar-refractivity contribution in [3.63, 3.8) is 0 Å². The fraction of sp³-hybridized carbons (Fsp3) is 0.350. The lowest BCUT2D eigenvalue weighted by Gasteiger charge is -2.13. The number of hydrogen-bond acceptors (Lipinski definition) is 3. The van der Waals surface area contributed by atoms with Gasteiger partial charge in [0.2, 0.25) is 0 Å². The molecule has 148 valence electrons. The van der Waals surface area contributed by atoms with E-state index in [2.05, 4.69) is 15.6 Å². The van der Waals surface area contributed by atoms with Gasteiger partial charge in [0.25, 0.3) is 0 Å². The molecule has 5 nitrogen and oxygen atoms in total. The standard InChI is InChI=1S/C20H26ClN3O2.HI/c1-3-22-20(23-13-12-15-4-8-17(21)9-5-15)24-14-19(25)16-6-10-18(26-2)11-7-16;/h4-11,19,25H,3,12-14H2,1-2H3,(H2,22,23,24);1H. The Bertz CT molecular complexity index is 693. The van der Waals surface area contributed by atoms with Crippen LogP contribution in [-0.2, 0) is 6.42 Å². The molecule has 2 aromatic rings. The molecule has 3 N–H and O–H groups in total. The van der Waals surface area contributed by atoms with Gasteiger partial charge in [-0.1, -0.05) is 35.9 Å². The van der Waals surface area contributed by atoms with Gasteiger partial charge in [-0.3, -0.25) is 4.99 Å². The van der Waals surface area contributed by atoms with Crippen molar-refractivity contribution in [3.05, 3.63) is 64.7 Å². The Morgan fingerprint density at radius 3 is 2.37 bits per heavy atom. The molecule has 1 atom stereocenters. The van der Waals surface area contributed by atoms with Crippen LogP contribution in [0.25, 0.3) is 0 Å². The SMILES string of the molecule is CCNC(=NCC(O)c1ccc(OC)cc1)NCCc1ccc(Cl)cc1.I. The van der Waals surface area contributed by atoms with Gasteiger partial charge in [0.05, 0.1) is 19.8 Å². The summed E-state index contributed by atoms with van der Waals surface area (Å²) in [6.07, 6.45) is 0.204. The summed E-state index contributed by atoms with van der Waals surface area (Å²) in [5, 5.41) is 17.5. The van der Waals surface area contributed by atoms with Crippen molar-refractivity contribution in [1.29, 1.82) is 0 Å². The number of ether oxygens (including phenoxy) is 1. The number of nitrogens with zero attached hydrogens (tertiary/aromatic N) is 1. The quantitative estimate of drug-likeness (QED) is 0.291. The molecule has 0 saturated carbocycles. The fourth-order valence-electron chi connectivity index (χ4n) is 2.43. The van der Waals surface area contributed by atoms with E-state index in [1.54, 1.807) is 7.11 Å². The Balaban J connectivity index is 0.00000364. The smallest absolute Gasteiger partial charge is 0.191 e. The number of aliphatic imine (C=N–C) groups is 1. The Kier molecular flexibility index (Phi) is 11.2. The fourth-order valence-corrected chi connectivity index (χ4v) is 2.55. The largest absolute Gasteiger partial charge is 0.497 e. The van der Waals surface area contributed by atoms with Gasteiger partial charge in [0.15, 0.2) is 5.96 Å². The second-order valence-corrected chi connectivity index (χ2v) is 6.25. The zero-order chi connectivity index (χ0) is 18.8. The zero-order valence-corrected chi connectivity index (χ0v) is 18.7. The van der Waals surface area contributed by atoms with E-state index in [0.29, 0.717) is 5.96 Å². The van der Waals surface area contributed by atoms with E-state index < -0.39 is 6.10 Å². The normalized spacial score (nSPS) is 12.1. The second-order valence-electron chi connectivity index (χ2n) is 5.81. The minimum absolute atomic E-state index is 0. The van der Waals surface area contributed by atoms with Crippen molar-refractivity contribution in [2.24, 2.45) is 4.99 Å². The van der Waals surface area contributed by atoms with Crippen LogP contribution in [0.2, 0.25) is 5.02 Å². The molecule has 2 aromatic carbocycles. The number of benzene rings is 2. The van der Waals surface area contributed by atoms with Crippen LogP contribution in [0.4, 0.5) is 0 Å².